The number of hydrogen-bond donors (Lipinski definition) is 2. The molecule has 2 saturated carbocycles. The van der Waals surface area contributed by atoms with Crippen molar-refractivity contribution in [1.29, 1.82) is 0 Å². The van der Waals surface area contributed by atoms with Crippen LogP contribution < -0.4 is 5.32 Å². The van der Waals surface area contributed by atoms with E-state index in [1.54, 1.807) is 0 Å². The molecule has 0 spiro atoms. The van der Waals surface area contributed by atoms with Gasteiger partial charge in [0.25, 0.3) is 0 Å². The molecule has 0 bridgehead atoms. The fraction of sp³-hybridized carbons (Fsp3) is 0.588. The molecule has 2 aromatic carbocycles. The number of aliphatic hydroxyl groups is 1. The normalized spacial score (nSPS) is 25.3. The Morgan fingerprint density at radius 1 is 0.750 bits per heavy atom. The molecule has 2 N–H and O–H groups in total. The number of aliphatic hydroxyl groups excluding tert-OH is 1. The molecule has 0 aliphatic heterocycles. The van der Waals surface area contributed by atoms with Crippen LogP contribution in [0.2, 0.25) is 0 Å². The summed E-state index contributed by atoms with van der Waals surface area (Å²) in [4.78, 5) is 0. The van der Waals surface area contributed by atoms with Gasteiger partial charge in [-0.1, -0.05) is 114 Å². The molecule has 0 amide bonds. The maximum atomic E-state index is 9.67. The summed E-state index contributed by atoms with van der Waals surface area (Å²) >= 11 is 0. The summed E-state index contributed by atoms with van der Waals surface area (Å²) in [6.45, 7) is 5.92. The van der Waals surface area contributed by atoms with E-state index in [0.29, 0.717) is 0 Å². The van der Waals surface area contributed by atoms with Gasteiger partial charge in [-0.3, -0.25) is 0 Å². The number of anilines is 1. The van der Waals surface area contributed by atoms with E-state index in [1.165, 1.54) is 113 Å². The molecule has 0 aromatic heterocycles. The average Bonchev–Trinajstić information content (AvgIpc) is 2.93. The van der Waals surface area contributed by atoms with Crippen LogP contribution in [0.4, 0.5) is 5.69 Å². The van der Waals surface area contributed by atoms with Gasteiger partial charge in [0.15, 0.2) is 0 Å². The number of nitrogens with one attached hydrogen (secondary N) is 1. The Labute approximate surface area is 220 Å². The van der Waals surface area contributed by atoms with E-state index in [9.17, 15) is 5.11 Å². The molecule has 2 nitrogen and oxygen atoms in total. The molecule has 4 rings (SSSR count). The van der Waals surface area contributed by atoms with Crippen molar-refractivity contribution in [3.05, 3.63) is 66.7 Å². The second-order valence-electron chi connectivity index (χ2n) is 11.7. The lowest BCUT2D eigenvalue weighted by Crippen LogP contribution is -2.17. The monoisotopic (exact) mass is 487 g/mol. The van der Waals surface area contributed by atoms with Crippen molar-refractivity contribution in [2.24, 2.45) is 17.8 Å². The highest BCUT2D eigenvalue weighted by molar-refractivity contribution is 5.66. The minimum absolute atomic E-state index is 0.717. The zero-order chi connectivity index (χ0) is 25.2. The van der Waals surface area contributed by atoms with Crippen LogP contribution in [0.3, 0.4) is 0 Å². The van der Waals surface area contributed by atoms with Crippen LogP contribution in [0.5, 0.6) is 0 Å². The molecule has 2 aromatic rings. The van der Waals surface area contributed by atoms with Gasteiger partial charge in [0.2, 0.25) is 0 Å². The molecule has 2 fully saturated rings. The Bertz CT molecular complexity index is 886. The standard InChI is InChI=1S/C34H49NO/c1-3-5-6-7-26-8-10-27(11-9-26)12-13-28-14-16-29(17-15-28)30-18-20-31(21-19-30)32-22-24-33(25-23-32)35-34(36)4-2/h4,18-29,34-36H,2-3,5-17H2,1H3. The maximum Gasteiger partial charge on any atom is 0.143 e. The first kappa shape index (κ1) is 27.0. The number of unbranched alkanes of at least 4 members (excludes halogenated alkanes) is 2. The first-order chi connectivity index (χ1) is 17.6. The molecular weight excluding hydrogens is 438 g/mol. The Morgan fingerprint density at radius 2 is 1.25 bits per heavy atom. The third-order valence-electron chi connectivity index (χ3n) is 9.15. The topological polar surface area (TPSA) is 32.3 Å². The lowest BCUT2D eigenvalue weighted by Gasteiger charge is -2.32. The van der Waals surface area contributed by atoms with E-state index in [-0.39, 0.29) is 0 Å². The Balaban J connectivity index is 1.17. The Morgan fingerprint density at radius 3 is 1.78 bits per heavy atom. The molecule has 0 radical (unpaired) electrons. The lowest BCUT2D eigenvalue weighted by atomic mass is 9.74. The number of rotatable bonds is 12. The fourth-order valence-electron chi connectivity index (χ4n) is 6.68. The van der Waals surface area contributed by atoms with E-state index in [1.807, 2.05) is 12.1 Å². The van der Waals surface area contributed by atoms with Gasteiger partial charge < -0.3 is 10.4 Å². The largest absolute Gasteiger partial charge is 0.370 e. The van der Waals surface area contributed by atoms with Crippen LogP contribution in [0.15, 0.2) is 61.2 Å². The van der Waals surface area contributed by atoms with Crippen molar-refractivity contribution in [3.8, 4) is 11.1 Å². The predicted octanol–water partition coefficient (Wildman–Crippen LogP) is 9.71. The molecule has 2 aliphatic carbocycles. The van der Waals surface area contributed by atoms with E-state index in [2.05, 4.69) is 55.2 Å². The molecule has 1 unspecified atom stereocenters. The number of hydrogen-bond acceptors (Lipinski definition) is 2. The van der Waals surface area contributed by atoms with Gasteiger partial charge in [0, 0.05) is 5.69 Å². The van der Waals surface area contributed by atoms with Gasteiger partial charge in [-0.25, -0.2) is 0 Å². The Hall–Kier alpha value is -2.06. The summed E-state index contributed by atoms with van der Waals surface area (Å²) in [5.41, 5.74) is 4.88. The third-order valence-corrected chi connectivity index (χ3v) is 9.15. The minimum Gasteiger partial charge on any atom is -0.370 e. The molecule has 2 aliphatic rings. The minimum atomic E-state index is -0.717. The van der Waals surface area contributed by atoms with Crippen LogP contribution in [-0.4, -0.2) is 11.3 Å². The average molecular weight is 488 g/mol. The van der Waals surface area contributed by atoms with Crippen LogP contribution in [0, 0.1) is 17.8 Å². The van der Waals surface area contributed by atoms with Gasteiger partial charge in [-0.05, 0) is 84.3 Å². The van der Waals surface area contributed by atoms with Gasteiger partial charge >= 0.3 is 0 Å². The maximum absolute atomic E-state index is 9.67. The fourth-order valence-corrected chi connectivity index (χ4v) is 6.68. The van der Waals surface area contributed by atoms with Gasteiger partial charge in [-0.15, -0.1) is 0 Å². The summed E-state index contributed by atoms with van der Waals surface area (Å²) in [7, 11) is 0. The summed E-state index contributed by atoms with van der Waals surface area (Å²) in [5, 5.41) is 12.7. The highest BCUT2D eigenvalue weighted by Gasteiger charge is 2.25. The molecule has 196 valence electrons. The van der Waals surface area contributed by atoms with Crippen LogP contribution >= 0.6 is 0 Å². The van der Waals surface area contributed by atoms with E-state index in [4.69, 9.17) is 0 Å². The van der Waals surface area contributed by atoms with Crippen molar-refractivity contribution in [2.75, 3.05) is 5.32 Å². The lowest BCUT2D eigenvalue weighted by molar-refractivity contribution is 0.222. The zero-order valence-corrected chi connectivity index (χ0v) is 22.6. The summed E-state index contributed by atoms with van der Waals surface area (Å²) in [5.74, 6) is 3.77. The Kier molecular flexibility index (Phi) is 10.5. The molecular formula is C34H49NO. The predicted molar refractivity (Wildman–Crippen MR) is 155 cm³/mol. The van der Waals surface area contributed by atoms with E-state index >= 15 is 0 Å². The van der Waals surface area contributed by atoms with Crippen molar-refractivity contribution in [2.45, 2.75) is 109 Å². The SMILES string of the molecule is C=CC(O)Nc1ccc(-c2ccc(C3CCC(CCC4CCC(CCCCC)CC4)CC3)cc2)cc1. The van der Waals surface area contributed by atoms with Crippen molar-refractivity contribution < 1.29 is 5.11 Å². The van der Waals surface area contributed by atoms with Crippen molar-refractivity contribution in [3.63, 3.8) is 0 Å². The zero-order valence-electron chi connectivity index (χ0n) is 22.6. The third kappa shape index (κ3) is 7.97. The van der Waals surface area contributed by atoms with Crippen molar-refractivity contribution >= 4 is 5.69 Å². The molecule has 36 heavy (non-hydrogen) atoms. The summed E-state index contributed by atoms with van der Waals surface area (Å²) in [6, 6.07) is 17.5. The molecule has 0 heterocycles. The second kappa shape index (κ2) is 14.0. The first-order valence-electron chi connectivity index (χ1n) is 14.9. The van der Waals surface area contributed by atoms with Crippen molar-refractivity contribution in [1.82, 2.24) is 0 Å². The summed E-state index contributed by atoms with van der Waals surface area (Å²) in [6.07, 6.45) is 21.1. The van der Waals surface area contributed by atoms with E-state index < -0.39 is 6.23 Å². The van der Waals surface area contributed by atoms with Gasteiger partial charge in [0.05, 0.1) is 0 Å². The smallest absolute Gasteiger partial charge is 0.143 e. The highest BCUT2D eigenvalue weighted by Crippen LogP contribution is 2.40. The van der Waals surface area contributed by atoms with E-state index in [0.717, 1.165) is 29.4 Å². The molecule has 2 heteroatoms. The summed E-state index contributed by atoms with van der Waals surface area (Å²) < 4.78 is 0. The van der Waals surface area contributed by atoms with Crippen LogP contribution in [-0.2, 0) is 0 Å². The second-order valence-corrected chi connectivity index (χ2v) is 11.7. The van der Waals surface area contributed by atoms with Gasteiger partial charge in [0.1, 0.15) is 6.23 Å². The highest BCUT2D eigenvalue weighted by atomic mass is 16.3. The van der Waals surface area contributed by atoms with Gasteiger partial charge in [-0.2, -0.15) is 0 Å². The van der Waals surface area contributed by atoms with Crippen LogP contribution in [0.25, 0.3) is 11.1 Å². The molecule has 1 atom stereocenters. The molecule has 0 saturated heterocycles. The van der Waals surface area contributed by atoms with Crippen LogP contribution in [0.1, 0.15) is 108 Å². The number of benzene rings is 2. The quantitative estimate of drug-likeness (QED) is 0.177. The first-order valence-corrected chi connectivity index (χ1v) is 14.9.